The second-order valence-corrected chi connectivity index (χ2v) is 7.19. The standard InChI is InChI=1S/C21H13Br2N/c22-17-12-11-16(14-6-2-1-3-7-14)20(21(17)23)19-13-10-15-8-4-5-9-18(15)24-19/h1-13H. The van der Waals surface area contributed by atoms with Crippen molar-refractivity contribution in [3.63, 3.8) is 0 Å². The second-order valence-electron chi connectivity index (χ2n) is 5.54. The van der Waals surface area contributed by atoms with Crippen LogP contribution in [-0.2, 0) is 0 Å². The third kappa shape index (κ3) is 2.79. The number of nitrogens with zero attached hydrogens (tertiary/aromatic N) is 1. The highest BCUT2D eigenvalue weighted by atomic mass is 79.9. The Morgan fingerprint density at radius 3 is 2.25 bits per heavy atom. The summed E-state index contributed by atoms with van der Waals surface area (Å²) < 4.78 is 2.04. The summed E-state index contributed by atoms with van der Waals surface area (Å²) in [5, 5.41) is 1.15. The Morgan fingerprint density at radius 1 is 0.667 bits per heavy atom. The lowest BCUT2D eigenvalue weighted by atomic mass is 9.97. The van der Waals surface area contributed by atoms with Gasteiger partial charge in [0.2, 0.25) is 0 Å². The van der Waals surface area contributed by atoms with E-state index in [1.165, 1.54) is 5.56 Å². The summed E-state index contributed by atoms with van der Waals surface area (Å²) in [5.41, 5.74) is 5.40. The van der Waals surface area contributed by atoms with E-state index in [1.54, 1.807) is 0 Å². The Morgan fingerprint density at radius 2 is 1.42 bits per heavy atom. The van der Waals surface area contributed by atoms with Crippen molar-refractivity contribution >= 4 is 42.8 Å². The number of pyridine rings is 1. The molecule has 0 radical (unpaired) electrons. The van der Waals surface area contributed by atoms with E-state index in [2.05, 4.69) is 86.5 Å². The Balaban J connectivity index is 2.00. The predicted octanol–water partition coefficient (Wildman–Crippen LogP) is 7.09. The molecule has 0 spiro atoms. The minimum atomic E-state index is 0.959. The van der Waals surface area contributed by atoms with Gasteiger partial charge in [0, 0.05) is 19.9 Å². The first kappa shape index (κ1) is 15.6. The van der Waals surface area contributed by atoms with Crippen LogP contribution in [0.4, 0.5) is 0 Å². The van der Waals surface area contributed by atoms with Crippen LogP contribution in [-0.4, -0.2) is 4.98 Å². The fraction of sp³-hybridized carbons (Fsp3) is 0. The van der Waals surface area contributed by atoms with Gasteiger partial charge in [0.15, 0.2) is 0 Å². The van der Waals surface area contributed by atoms with Crippen molar-refractivity contribution in [3.8, 4) is 22.4 Å². The average molecular weight is 439 g/mol. The summed E-state index contributed by atoms with van der Waals surface area (Å²) in [7, 11) is 0. The molecule has 0 aliphatic carbocycles. The van der Waals surface area contributed by atoms with Crippen LogP contribution in [0.5, 0.6) is 0 Å². The van der Waals surface area contributed by atoms with Crippen molar-refractivity contribution in [1.29, 1.82) is 0 Å². The SMILES string of the molecule is Brc1ccc(-c2ccccc2)c(-c2ccc3ccccc3n2)c1Br. The summed E-state index contributed by atoms with van der Waals surface area (Å²) >= 11 is 7.37. The van der Waals surface area contributed by atoms with Gasteiger partial charge < -0.3 is 0 Å². The van der Waals surface area contributed by atoms with Gasteiger partial charge in [0.25, 0.3) is 0 Å². The first-order chi connectivity index (χ1) is 11.7. The average Bonchev–Trinajstić information content (AvgIpc) is 2.64. The number of para-hydroxylation sites is 1. The first-order valence-corrected chi connectivity index (χ1v) is 9.22. The highest BCUT2D eigenvalue weighted by Gasteiger charge is 2.15. The lowest BCUT2D eigenvalue weighted by molar-refractivity contribution is 1.38. The molecule has 1 aromatic heterocycles. The smallest absolute Gasteiger partial charge is 0.0727 e. The molecule has 1 nitrogen and oxygen atoms in total. The van der Waals surface area contributed by atoms with E-state index < -0.39 is 0 Å². The molecule has 0 fully saturated rings. The lowest BCUT2D eigenvalue weighted by Crippen LogP contribution is -1.91. The van der Waals surface area contributed by atoms with Crippen LogP contribution in [0.2, 0.25) is 0 Å². The fourth-order valence-corrected chi connectivity index (χ4v) is 3.74. The lowest BCUT2D eigenvalue weighted by Gasteiger charge is -2.14. The molecule has 0 aliphatic heterocycles. The van der Waals surface area contributed by atoms with Crippen molar-refractivity contribution in [3.05, 3.63) is 87.8 Å². The van der Waals surface area contributed by atoms with Gasteiger partial charge in [-0.1, -0.05) is 60.7 Å². The van der Waals surface area contributed by atoms with Gasteiger partial charge in [0.05, 0.1) is 11.2 Å². The van der Waals surface area contributed by atoms with Gasteiger partial charge >= 0.3 is 0 Å². The molecule has 0 aliphatic rings. The number of hydrogen-bond acceptors (Lipinski definition) is 1. The molecule has 0 bridgehead atoms. The van der Waals surface area contributed by atoms with E-state index in [0.717, 1.165) is 36.7 Å². The van der Waals surface area contributed by atoms with Crippen LogP contribution < -0.4 is 0 Å². The Labute approximate surface area is 157 Å². The number of fused-ring (bicyclic) bond motifs is 1. The van der Waals surface area contributed by atoms with E-state index in [-0.39, 0.29) is 0 Å². The third-order valence-corrected chi connectivity index (χ3v) is 6.05. The van der Waals surface area contributed by atoms with Crippen LogP contribution in [0.15, 0.2) is 87.8 Å². The van der Waals surface area contributed by atoms with E-state index in [1.807, 2.05) is 24.3 Å². The molecule has 0 amide bonds. The van der Waals surface area contributed by atoms with E-state index >= 15 is 0 Å². The molecule has 0 N–H and O–H groups in total. The predicted molar refractivity (Wildman–Crippen MR) is 108 cm³/mol. The highest BCUT2D eigenvalue weighted by Crippen LogP contribution is 2.41. The monoisotopic (exact) mass is 437 g/mol. The largest absolute Gasteiger partial charge is 0.248 e. The van der Waals surface area contributed by atoms with Crippen molar-refractivity contribution in [1.82, 2.24) is 4.98 Å². The summed E-state index contributed by atoms with van der Waals surface area (Å²) in [5.74, 6) is 0. The Kier molecular flexibility index (Phi) is 4.21. The van der Waals surface area contributed by atoms with Crippen LogP contribution in [0.3, 0.4) is 0 Å². The van der Waals surface area contributed by atoms with E-state index in [4.69, 9.17) is 4.98 Å². The summed E-state index contributed by atoms with van der Waals surface area (Å²) in [4.78, 5) is 4.88. The maximum absolute atomic E-state index is 4.88. The maximum Gasteiger partial charge on any atom is 0.0727 e. The number of hydrogen-bond donors (Lipinski definition) is 0. The molecule has 0 saturated carbocycles. The number of aromatic nitrogens is 1. The fourth-order valence-electron chi connectivity index (χ4n) is 2.86. The quantitative estimate of drug-likeness (QED) is 0.325. The Bertz CT molecular complexity index is 1030. The van der Waals surface area contributed by atoms with Crippen LogP contribution >= 0.6 is 31.9 Å². The summed E-state index contributed by atoms with van der Waals surface area (Å²) in [6, 6.07) is 27.0. The van der Waals surface area contributed by atoms with Crippen molar-refractivity contribution in [2.45, 2.75) is 0 Å². The van der Waals surface area contributed by atoms with Crippen LogP contribution in [0, 0.1) is 0 Å². The maximum atomic E-state index is 4.88. The zero-order valence-corrected chi connectivity index (χ0v) is 15.9. The molecule has 0 atom stereocenters. The molecule has 116 valence electrons. The van der Waals surface area contributed by atoms with Gasteiger partial charge in [-0.05, 0) is 61.2 Å². The minimum absolute atomic E-state index is 0.959. The van der Waals surface area contributed by atoms with Gasteiger partial charge in [-0.2, -0.15) is 0 Å². The second kappa shape index (κ2) is 6.50. The molecule has 4 rings (SSSR count). The minimum Gasteiger partial charge on any atom is -0.248 e. The molecular weight excluding hydrogens is 426 g/mol. The van der Waals surface area contributed by atoms with Crippen molar-refractivity contribution in [2.24, 2.45) is 0 Å². The normalized spacial score (nSPS) is 10.9. The summed E-state index contributed by atoms with van der Waals surface area (Å²) in [6.07, 6.45) is 0. The number of rotatable bonds is 2. The first-order valence-electron chi connectivity index (χ1n) is 7.63. The molecule has 4 aromatic rings. The molecule has 1 heterocycles. The van der Waals surface area contributed by atoms with Crippen molar-refractivity contribution in [2.75, 3.05) is 0 Å². The molecule has 3 heteroatoms. The number of halogens is 2. The zero-order valence-electron chi connectivity index (χ0n) is 12.7. The third-order valence-electron chi connectivity index (χ3n) is 4.03. The molecule has 0 saturated heterocycles. The Hall–Kier alpha value is -1.97. The molecule has 3 aromatic carbocycles. The summed E-state index contributed by atoms with van der Waals surface area (Å²) in [6.45, 7) is 0. The van der Waals surface area contributed by atoms with Gasteiger partial charge in [-0.15, -0.1) is 0 Å². The highest BCUT2D eigenvalue weighted by molar-refractivity contribution is 9.13. The van der Waals surface area contributed by atoms with E-state index in [9.17, 15) is 0 Å². The van der Waals surface area contributed by atoms with Gasteiger partial charge in [0.1, 0.15) is 0 Å². The molecule has 24 heavy (non-hydrogen) atoms. The number of benzene rings is 3. The zero-order chi connectivity index (χ0) is 16.5. The van der Waals surface area contributed by atoms with Crippen LogP contribution in [0.25, 0.3) is 33.3 Å². The van der Waals surface area contributed by atoms with E-state index in [0.29, 0.717) is 0 Å². The van der Waals surface area contributed by atoms with Crippen LogP contribution in [0.1, 0.15) is 0 Å². The van der Waals surface area contributed by atoms with Gasteiger partial charge in [-0.3, -0.25) is 0 Å². The van der Waals surface area contributed by atoms with Gasteiger partial charge in [-0.25, -0.2) is 4.98 Å². The molecule has 0 unspecified atom stereocenters. The topological polar surface area (TPSA) is 12.9 Å². The van der Waals surface area contributed by atoms with Crippen molar-refractivity contribution < 1.29 is 0 Å². The molecular formula is C21H13Br2N.